The lowest BCUT2D eigenvalue weighted by Crippen LogP contribution is -1.94. The number of hydrogen-bond acceptors (Lipinski definition) is 1. The van der Waals surface area contributed by atoms with Crippen molar-refractivity contribution in [2.75, 3.05) is 0 Å². The molecule has 0 radical (unpaired) electrons. The molecule has 2 aromatic rings. The fourth-order valence-corrected chi connectivity index (χ4v) is 2.03. The van der Waals surface area contributed by atoms with Gasteiger partial charge in [-0.1, -0.05) is 67.2 Å². The van der Waals surface area contributed by atoms with E-state index < -0.39 is 0 Å². The Hall–Kier alpha value is -2.41. The molecule has 0 N–H and O–H groups in total. The Morgan fingerprint density at radius 1 is 0.850 bits per heavy atom. The average molecular weight is 261 g/mol. The van der Waals surface area contributed by atoms with E-state index in [1.165, 1.54) is 0 Å². The molecule has 100 valence electrons. The molecule has 0 aliphatic rings. The minimum Gasteiger partial charge on any atom is -0.258 e. The molecule has 0 atom stereocenters. The lowest BCUT2D eigenvalue weighted by molar-refractivity contribution is 1.29. The molecule has 0 fully saturated rings. The van der Waals surface area contributed by atoms with Crippen molar-refractivity contribution in [3.05, 3.63) is 90.1 Å². The normalized spacial score (nSPS) is 12.3. The predicted octanol–water partition coefficient (Wildman–Crippen LogP) is 5.11. The van der Waals surface area contributed by atoms with E-state index in [0.717, 1.165) is 28.1 Å². The van der Waals surface area contributed by atoms with E-state index >= 15 is 0 Å². The van der Waals surface area contributed by atoms with E-state index in [9.17, 15) is 0 Å². The summed E-state index contributed by atoms with van der Waals surface area (Å²) in [4.78, 5) is 4.63. The summed E-state index contributed by atoms with van der Waals surface area (Å²) >= 11 is 0. The minimum atomic E-state index is 0.959. The van der Waals surface area contributed by atoms with Crippen molar-refractivity contribution < 1.29 is 0 Å². The molecule has 0 aliphatic carbocycles. The van der Waals surface area contributed by atoms with Gasteiger partial charge in [0, 0.05) is 11.4 Å². The van der Waals surface area contributed by atoms with Crippen molar-refractivity contribution in [3.63, 3.8) is 0 Å². The lowest BCUT2D eigenvalue weighted by Gasteiger charge is -2.03. The van der Waals surface area contributed by atoms with Crippen LogP contribution in [0.5, 0.6) is 0 Å². The van der Waals surface area contributed by atoms with Crippen LogP contribution in [0, 0.1) is 0 Å². The average Bonchev–Trinajstić information content (AvgIpc) is 2.49. The highest BCUT2D eigenvalue weighted by Crippen LogP contribution is 2.16. The maximum Gasteiger partial charge on any atom is 0.0448 e. The smallest absolute Gasteiger partial charge is 0.0448 e. The highest BCUT2D eigenvalue weighted by Gasteiger charge is 1.98. The summed E-state index contributed by atoms with van der Waals surface area (Å²) < 4.78 is 0. The molecule has 0 saturated heterocycles. The maximum absolute atomic E-state index is 4.63. The fourth-order valence-electron chi connectivity index (χ4n) is 2.03. The van der Waals surface area contributed by atoms with Crippen molar-refractivity contribution in [1.82, 2.24) is 0 Å². The third kappa shape index (κ3) is 3.79. The first-order chi connectivity index (χ1) is 9.66. The summed E-state index contributed by atoms with van der Waals surface area (Å²) in [5.74, 6) is 0. The van der Waals surface area contributed by atoms with E-state index in [-0.39, 0.29) is 0 Å². The lowest BCUT2D eigenvalue weighted by atomic mass is 10.1. The number of aliphatic imine (C=N–C) groups is 1. The van der Waals surface area contributed by atoms with Gasteiger partial charge in [-0.3, -0.25) is 4.99 Å². The molecule has 0 bridgehead atoms. The quantitative estimate of drug-likeness (QED) is 0.535. The van der Waals surface area contributed by atoms with Crippen LogP contribution in [0.1, 0.15) is 25.0 Å². The molecule has 1 nitrogen and oxygen atoms in total. The Kier molecular flexibility index (Phi) is 4.67. The standard InChI is InChI=1S/C19H19N/c1-15(18-10-6-4-7-11-18)14-16(2)20-17(3)19-12-8-5-9-13-19/h4-14H,1H2,2-3H3/b16-14-,20-17?. The molecule has 0 heterocycles. The van der Waals surface area contributed by atoms with Crippen molar-refractivity contribution in [2.24, 2.45) is 4.99 Å². The van der Waals surface area contributed by atoms with Gasteiger partial charge in [0.1, 0.15) is 0 Å². The predicted molar refractivity (Wildman–Crippen MR) is 87.9 cm³/mol. The van der Waals surface area contributed by atoms with Gasteiger partial charge >= 0.3 is 0 Å². The van der Waals surface area contributed by atoms with Crippen LogP contribution in [0.4, 0.5) is 0 Å². The van der Waals surface area contributed by atoms with E-state index in [1.54, 1.807) is 0 Å². The van der Waals surface area contributed by atoms with E-state index in [1.807, 2.05) is 56.3 Å². The zero-order valence-corrected chi connectivity index (χ0v) is 12.0. The third-order valence-corrected chi connectivity index (χ3v) is 3.06. The van der Waals surface area contributed by atoms with Crippen LogP contribution in [0.15, 0.2) is 84.0 Å². The van der Waals surface area contributed by atoms with Crippen LogP contribution < -0.4 is 0 Å². The zero-order chi connectivity index (χ0) is 14.4. The highest BCUT2D eigenvalue weighted by molar-refractivity contribution is 5.99. The molecule has 0 amide bonds. The Bertz CT molecular complexity index is 634. The van der Waals surface area contributed by atoms with Crippen LogP contribution in [-0.4, -0.2) is 5.71 Å². The van der Waals surface area contributed by atoms with Crippen molar-refractivity contribution in [2.45, 2.75) is 13.8 Å². The van der Waals surface area contributed by atoms with Crippen molar-refractivity contribution >= 4 is 11.3 Å². The molecule has 2 rings (SSSR count). The Morgan fingerprint density at radius 3 is 1.90 bits per heavy atom. The van der Waals surface area contributed by atoms with Gasteiger partial charge in [-0.25, -0.2) is 0 Å². The summed E-state index contributed by atoms with van der Waals surface area (Å²) in [6.45, 7) is 8.13. The van der Waals surface area contributed by atoms with Crippen LogP contribution in [0.2, 0.25) is 0 Å². The first-order valence-electron chi connectivity index (χ1n) is 6.70. The summed E-state index contributed by atoms with van der Waals surface area (Å²) in [6, 6.07) is 20.3. The van der Waals surface area contributed by atoms with Crippen LogP contribution in [0.25, 0.3) is 5.57 Å². The Balaban J connectivity index is 2.17. The molecule has 0 saturated carbocycles. The van der Waals surface area contributed by atoms with Gasteiger partial charge in [-0.05, 0) is 36.6 Å². The van der Waals surface area contributed by atoms with E-state index in [4.69, 9.17) is 0 Å². The summed E-state index contributed by atoms with van der Waals surface area (Å²) in [7, 11) is 0. The van der Waals surface area contributed by atoms with Gasteiger partial charge in [0.2, 0.25) is 0 Å². The number of allylic oxidation sites excluding steroid dienone is 3. The van der Waals surface area contributed by atoms with Crippen LogP contribution in [-0.2, 0) is 0 Å². The summed E-state index contributed by atoms with van der Waals surface area (Å²) in [6.07, 6.45) is 2.02. The highest BCUT2D eigenvalue weighted by atomic mass is 14.7. The Labute approximate surface area is 121 Å². The SMILES string of the molecule is C=C(/C=C(/C)N=C(C)c1ccccc1)c1ccccc1. The molecule has 20 heavy (non-hydrogen) atoms. The van der Waals surface area contributed by atoms with Crippen LogP contribution >= 0.6 is 0 Å². The topological polar surface area (TPSA) is 12.4 Å². The largest absolute Gasteiger partial charge is 0.258 e. The first kappa shape index (κ1) is 14.0. The summed E-state index contributed by atoms with van der Waals surface area (Å²) in [5.41, 5.74) is 5.22. The molecular weight excluding hydrogens is 242 g/mol. The second kappa shape index (κ2) is 6.67. The molecule has 0 aromatic heterocycles. The molecule has 0 aliphatic heterocycles. The maximum atomic E-state index is 4.63. The van der Waals surface area contributed by atoms with Crippen molar-refractivity contribution in [1.29, 1.82) is 0 Å². The monoisotopic (exact) mass is 261 g/mol. The first-order valence-corrected chi connectivity index (χ1v) is 6.70. The molecule has 0 spiro atoms. The molecular formula is C19H19N. The summed E-state index contributed by atoms with van der Waals surface area (Å²) in [5, 5.41) is 0. The minimum absolute atomic E-state index is 0.959. The molecule has 0 unspecified atom stereocenters. The van der Waals surface area contributed by atoms with Gasteiger partial charge < -0.3 is 0 Å². The van der Waals surface area contributed by atoms with Gasteiger partial charge in [0.15, 0.2) is 0 Å². The molecule has 2 aromatic carbocycles. The number of nitrogens with zero attached hydrogens (tertiary/aromatic N) is 1. The second-order valence-corrected chi connectivity index (χ2v) is 4.74. The van der Waals surface area contributed by atoms with E-state index in [0.29, 0.717) is 0 Å². The van der Waals surface area contributed by atoms with Crippen molar-refractivity contribution in [3.8, 4) is 0 Å². The second-order valence-electron chi connectivity index (χ2n) is 4.74. The van der Waals surface area contributed by atoms with Gasteiger partial charge in [0.25, 0.3) is 0 Å². The molecule has 1 heteroatoms. The van der Waals surface area contributed by atoms with Crippen LogP contribution in [0.3, 0.4) is 0 Å². The number of rotatable bonds is 4. The number of hydrogen-bond donors (Lipinski definition) is 0. The zero-order valence-electron chi connectivity index (χ0n) is 12.0. The number of benzene rings is 2. The van der Waals surface area contributed by atoms with Gasteiger partial charge in [-0.15, -0.1) is 0 Å². The third-order valence-electron chi connectivity index (χ3n) is 3.06. The van der Waals surface area contributed by atoms with Gasteiger partial charge in [-0.2, -0.15) is 0 Å². The van der Waals surface area contributed by atoms with Gasteiger partial charge in [0.05, 0.1) is 0 Å². The Morgan fingerprint density at radius 2 is 1.35 bits per heavy atom. The van der Waals surface area contributed by atoms with E-state index in [2.05, 4.69) is 35.8 Å². The fraction of sp³-hybridized carbons (Fsp3) is 0.105.